The highest BCUT2D eigenvalue weighted by Crippen LogP contribution is 2.12. The van der Waals surface area contributed by atoms with Crippen LogP contribution >= 0.6 is 0 Å². The zero-order valence-corrected chi connectivity index (χ0v) is 11.8. The summed E-state index contributed by atoms with van der Waals surface area (Å²) in [4.78, 5) is 0. The van der Waals surface area contributed by atoms with Crippen LogP contribution in [0.4, 0.5) is 0 Å². The van der Waals surface area contributed by atoms with Gasteiger partial charge >= 0.3 is 0 Å². The molecule has 0 aromatic heterocycles. The molecule has 0 bridgehead atoms. The molecule has 0 aromatic carbocycles. The second kappa shape index (κ2) is 12.4. The van der Waals surface area contributed by atoms with Gasteiger partial charge in [0.2, 0.25) is 0 Å². The molecule has 0 saturated carbocycles. The maximum Gasteiger partial charge on any atom is 0.0512 e. The molecule has 0 saturated heterocycles. The number of rotatable bonds is 12. The van der Waals surface area contributed by atoms with Crippen LogP contribution in [0.2, 0.25) is 0 Å². The Morgan fingerprint density at radius 3 is 1.00 bits per heavy atom. The first-order valence-corrected chi connectivity index (χ1v) is 7.49. The van der Waals surface area contributed by atoms with Crippen molar-refractivity contribution in [3.8, 4) is 0 Å². The summed E-state index contributed by atoms with van der Waals surface area (Å²) in [6.07, 6.45) is 13.2. The minimum atomic E-state index is -0.121. The van der Waals surface area contributed by atoms with E-state index in [0.717, 1.165) is 12.8 Å². The Bertz CT molecular complexity index is 128. The van der Waals surface area contributed by atoms with Crippen LogP contribution in [0, 0.1) is 0 Å². The van der Waals surface area contributed by atoms with Crippen molar-refractivity contribution >= 4 is 0 Å². The van der Waals surface area contributed by atoms with Gasteiger partial charge in [-0.1, -0.05) is 57.8 Å². The van der Waals surface area contributed by atoms with Gasteiger partial charge < -0.3 is 10.2 Å². The Morgan fingerprint density at radius 2 is 0.765 bits per heavy atom. The topological polar surface area (TPSA) is 40.5 Å². The molecular weight excluding hydrogens is 212 g/mol. The molecule has 0 fully saturated rings. The van der Waals surface area contributed by atoms with Gasteiger partial charge in [-0.05, 0) is 26.7 Å². The predicted molar refractivity (Wildman–Crippen MR) is 74.1 cm³/mol. The summed E-state index contributed by atoms with van der Waals surface area (Å²) in [7, 11) is 0. The summed E-state index contributed by atoms with van der Waals surface area (Å²) in [5.74, 6) is 0. The monoisotopic (exact) mass is 244 g/mol. The molecule has 0 aliphatic rings. The molecule has 0 aliphatic carbocycles. The molecule has 17 heavy (non-hydrogen) atoms. The van der Waals surface area contributed by atoms with E-state index >= 15 is 0 Å². The molecule has 0 rings (SSSR count). The number of aliphatic hydroxyl groups excluding tert-OH is 2. The van der Waals surface area contributed by atoms with Gasteiger partial charge in [0.1, 0.15) is 0 Å². The molecule has 2 atom stereocenters. The Labute approximate surface area is 107 Å². The van der Waals surface area contributed by atoms with Gasteiger partial charge in [-0.15, -0.1) is 0 Å². The number of hydrogen-bond donors (Lipinski definition) is 2. The minimum Gasteiger partial charge on any atom is -0.393 e. The fourth-order valence-corrected chi connectivity index (χ4v) is 2.12. The average Bonchev–Trinajstić information content (AvgIpc) is 2.25. The van der Waals surface area contributed by atoms with E-state index in [1.807, 2.05) is 13.8 Å². The molecule has 0 amide bonds. The van der Waals surface area contributed by atoms with Gasteiger partial charge in [-0.2, -0.15) is 0 Å². The zero-order chi connectivity index (χ0) is 12.9. The molecule has 0 heterocycles. The van der Waals surface area contributed by atoms with Crippen LogP contribution in [0.15, 0.2) is 0 Å². The summed E-state index contributed by atoms with van der Waals surface area (Å²) in [6.45, 7) is 3.74. The molecule has 0 radical (unpaired) electrons. The van der Waals surface area contributed by atoms with E-state index in [2.05, 4.69) is 0 Å². The van der Waals surface area contributed by atoms with Crippen molar-refractivity contribution < 1.29 is 10.2 Å². The van der Waals surface area contributed by atoms with Gasteiger partial charge in [0.15, 0.2) is 0 Å². The van der Waals surface area contributed by atoms with Crippen molar-refractivity contribution in [3.63, 3.8) is 0 Å². The third kappa shape index (κ3) is 15.9. The molecule has 104 valence electrons. The molecule has 0 spiro atoms. The molecule has 2 N–H and O–H groups in total. The van der Waals surface area contributed by atoms with E-state index in [9.17, 15) is 0 Å². The van der Waals surface area contributed by atoms with E-state index in [-0.39, 0.29) is 12.2 Å². The highest BCUT2D eigenvalue weighted by atomic mass is 16.3. The van der Waals surface area contributed by atoms with E-state index in [0.29, 0.717) is 0 Å². The number of hydrogen-bond acceptors (Lipinski definition) is 2. The van der Waals surface area contributed by atoms with E-state index in [1.165, 1.54) is 57.8 Å². The maximum absolute atomic E-state index is 9.10. The normalized spacial score (nSPS) is 14.8. The largest absolute Gasteiger partial charge is 0.393 e. The first-order valence-electron chi connectivity index (χ1n) is 7.49. The minimum absolute atomic E-state index is 0.121. The average molecular weight is 244 g/mol. The van der Waals surface area contributed by atoms with Crippen LogP contribution in [0.5, 0.6) is 0 Å². The van der Waals surface area contributed by atoms with Crippen molar-refractivity contribution in [1.29, 1.82) is 0 Å². The fraction of sp³-hybridized carbons (Fsp3) is 1.00. The van der Waals surface area contributed by atoms with Gasteiger partial charge in [0.05, 0.1) is 12.2 Å². The quantitative estimate of drug-likeness (QED) is 0.509. The summed E-state index contributed by atoms with van der Waals surface area (Å²) in [5.41, 5.74) is 0. The molecule has 0 aromatic rings. The lowest BCUT2D eigenvalue weighted by Crippen LogP contribution is -1.98. The van der Waals surface area contributed by atoms with Crippen molar-refractivity contribution in [1.82, 2.24) is 0 Å². The number of aliphatic hydroxyl groups is 2. The second-order valence-corrected chi connectivity index (χ2v) is 5.46. The Morgan fingerprint density at radius 1 is 0.529 bits per heavy atom. The van der Waals surface area contributed by atoms with Crippen LogP contribution in [-0.4, -0.2) is 22.4 Å². The van der Waals surface area contributed by atoms with E-state index < -0.39 is 0 Å². The Kier molecular flexibility index (Phi) is 12.3. The summed E-state index contributed by atoms with van der Waals surface area (Å²) in [6, 6.07) is 0. The summed E-state index contributed by atoms with van der Waals surface area (Å²) < 4.78 is 0. The van der Waals surface area contributed by atoms with Crippen molar-refractivity contribution in [2.45, 2.75) is 96.7 Å². The predicted octanol–water partition coefficient (Wildman–Crippen LogP) is 4.04. The van der Waals surface area contributed by atoms with Gasteiger partial charge in [0, 0.05) is 0 Å². The van der Waals surface area contributed by atoms with Gasteiger partial charge in [-0.3, -0.25) is 0 Å². The molecule has 2 nitrogen and oxygen atoms in total. The zero-order valence-electron chi connectivity index (χ0n) is 11.8. The van der Waals surface area contributed by atoms with Crippen molar-refractivity contribution in [3.05, 3.63) is 0 Å². The lowest BCUT2D eigenvalue weighted by molar-refractivity contribution is 0.180. The molecule has 2 unspecified atom stereocenters. The first kappa shape index (κ1) is 16.9. The standard InChI is InChI=1S/C15H32O2/c1-14(16)12-10-8-6-4-3-5-7-9-11-13-15(2)17/h14-17H,3-13H2,1-2H3. The molecule has 0 aliphatic heterocycles. The highest BCUT2D eigenvalue weighted by molar-refractivity contribution is 4.52. The number of unbranched alkanes of at least 4 members (excludes halogenated alkanes) is 8. The highest BCUT2D eigenvalue weighted by Gasteiger charge is 1.97. The molecule has 2 heteroatoms. The molecular formula is C15H32O2. The third-order valence-electron chi connectivity index (χ3n) is 3.24. The van der Waals surface area contributed by atoms with Gasteiger partial charge in [-0.25, -0.2) is 0 Å². The summed E-state index contributed by atoms with van der Waals surface area (Å²) in [5, 5.41) is 18.2. The van der Waals surface area contributed by atoms with E-state index in [1.54, 1.807) is 0 Å². The van der Waals surface area contributed by atoms with Crippen molar-refractivity contribution in [2.75, 3.05) is 0 Å². The Hall–Kier alpha value is -0.0800. The second-order valence-electron chi connectivity index (χ2n) is 5.46. The third-order valence-corrected chi connectivity index (χ3v) is 3.24. The van der Waals surface area contributed by atoms with Gasteiger partial charge in [0.25, 0.3) is 0 Å². The Balaban J connectivity index is 2.94. The van der Waals surface area contributed by atoms with Crippen LogP contribution in [0.3, 0.4) is 0 Å². The van der Waals surface area contributed by atoms with Crippen LogP contribution in [0.1, 0.15) is 84.5 Å². The SMILES string of the molecule is CC(O)CCCCCCCCCCCC(C)O. The first-order chi connectivity index (χ1) is 8.13. The maximum atomic E-state index is 9.10. The van der Waals surface area contributed by atoms with E-state index in [4.69, 9.17) is 10.2 Å². The van der Waals surface area contributed by atoms with Crippen LogP contribution in [0.25, 0.3) is 0 Å². The fourth-order valence-electron chi connectivity index (χ4n) is 2.12. The van der Waals surface area contributed by atoms with Crippen molar-refractivity contribution in [2.24, 2.45) is 0 Å². The lowest BCUT2D eigenvalue weighted by Gasteiger charge is -2.05. The lowest BCUT2D eigenvalue weighted by atomic mass is 10.0. The summed E-state index contributed by atoms with van der Waals surface area (Å²) >= 11 is 0. The van der Waals surface area contributed by atoms with Crippen LogP contribution in [-0.2, 0) is 0 Å². The smallest absolute Gasteiger partial charge is 0.0512 e. The van der Waals surface area contributed by atoms with Crippen LogP contribution < -0.4 is 0 Å².